The molecule has 154 valence electrons. The number of carbonyl (C=O) groups excluding carboxylic acids is 2. The van der Waals surface area contributed by atoms with Gasteiger partial charge in [0.2, 0.25) is 5.91 Å². The van der Waals surface area contributed by atoms with Crippen LogP contribution in [0.1, 0.15) is 12.5 Å². The van der Waals surface area contributed by atoms with Crippen LogP contribution in [0.3, 0.4) is 0 Å². The molecule has 2 aromatic rings. The largest absolute Gasteiger partial charge is 0.462 e. The molecule has 0 N–H and O–H groups in total. The molecule has 0 aliphatic carbocycles. The van der Waals surface area contributed by atoms with Gasteiger partial charge in [-0.15, -0.1) is 0 Å². The van der Waals surface area contributed by atoms with E-state index in [-0.39, 0.29) is 29.5 Å². The summed E-state index contributed by atoms with van der Waals surface area (Å²) >= 11 is 13.2. The second kappa shape index (κ2) is 9.52. The van der Waals surface area contributed by atoms with Crippen molar-refractivity contribution >= 4 is 52.5 Å². The molecule has 1 heterocycles. The Morgan fingerprint density at radius 3 is 2.57 bits per heavy atom. The van der Waals surface area contributed by atoms with Gasteiger partial charge in [0.25, 0.3) is 0 Å². The zero-order valence-electron chi connectivity index (χ0n) is 15.7. The number of esters is 1. The average molecular weight is 465 g/mol. The standard InChI is InChI=1S/C21H15Cl2FN2O3S/c1-2-29-21(28)16(11-25)20-26(15-7-5-14(24)6-8-15)19(27)18(30-20)9-12-3-4-13(22)10-17(12)23/h3-8,10,18H,2,9H2,1H3/b20-16-/t18-/m1/s1. The smallest absolute Gasteiger partial charge is 0.351 e. The lowest BCUT2D eigenvalue weighted by atomic mass is 10.1. The summed E-state index contributed by atoms with van der Waals surface area (Å²) in [7, 11) is 0. The van der Waals surface area contributed by atoms with Gasteiger partial charge >= 0.3 is 5.97 Å². The molecule has 1 aliphatic heterocycles. The highest BCUT2D eigenvalue weighted by molar-refractivity contribution is 8.05. The molecular formula is C21H15Cl2FN2O3S. The Hall–Kier alpha value is -2.53. The number of rotatable bonds is 5. The van der Waals surface area contributed by atoms with Crippen molar-refractivity contribution in [2.24, 2.45) is 0 Å². The molecule has 1 fully saturated rings. The van der Waals surface area contributed by atoms with Crippen LogP contribution < -0.4 is 4.90 Å². The SMILES string of the molecule is CCOC(=O)/C(C#N)=C1\S[C@H](Cc2ccc(Cl)cc2Cl)C(=O)N1c1ccc(F)cc1. The molecule has 0 unspecified atom stereocenters. The van der Waals surface area contributed by atoms with Crippen LogP contribution in [0.25, 0.3) is 0 Å². The molecule has 1 saturated heterocycles. The molecule has 5 nitrogen and oxygen atoms in total. The Labute approximate surface area is 187 Å². The lowest BCUT2D eigenvalue weighted by molar-refractivity contribution is -0.138. The molecule has 2 aromatic carbocycles. The highest BCUT2D eigenvalue weighted by atomic mass is 35.5. The van der Waals surface area contributed by atoms with Gasteiger partial charge in [-0.25, -0.2) is 9.18 Å². The minimum Gasteiger partial charge on any atom is -0.462 e. The zero-order chi connectivity index (χ0) is 21.8. The summed E-state index contributed by atoms with van der Waals surface area (Å²) in [6, 6.07) is 12.0. The van der Waals surface area contributed by atoms with Gasteiger partial charge in [-0.3, -0.25) is 9.69 Å². The highest BCUT2D eigenvalue weighted by Crippen LogP contribution is 2.42. The number of nitriles is 1. The van der Waals surface area contributed by atoms with Crippen molar-refractivity contribution in [3.8, 4) is 6.07 Å². The fraction of sp³-hybridized carbons (Fsp3) is 0.190. The highest BCUT2D eigenvalue weighted by Gasteiger charge is 2.41. The van der Waals surface area contributed by atoms with E-state index in [0.29, 0.717) is 21.3 Å². The third-order valence-electron chi connectivity index (χ3n) is 4.26. The number of nitrogens with zero attached hydrogens (tertiary/aromatic N) is 2. The lowest BCUT2D eigenvalue weighted by Crippen LogP contribution is -2.30. The van der Waals surface area contributed by atoms with Crippen LogP contribution in [-0.2, 0) is 20.7 Å². The zero-order valence-corrected chi connectivity index (χ0v) is 18.0. The number of thioether (sulfide) groups is 1. The van der Waals surface area contributed by atoms with Crippen molar-refractivity contribution in [2.45, 2.75) is 18.6 Å². The summed E-state index contributed by atoms with van der Waals surface area (Å²) in [6.07, 6.45) is 0.252. The molecule has 0 spiro atoms. The number of ether oxygens (including phenoxy) is 1. The number of amides is 1. The molecule has 1 amide bonds. The second-order valence-electron chi connectivity index (χ2n) is 6.21. The molecule has 3 rings (SSSR count). The van der Waals surface area contributed by atoms with E-state index in [4.69, 9.17) is 27.9 Å². The van der Waals surface area contributed by atoms with E-state index in [9.17, 15) is 19.2 Å². The van der Waals surface area contributed by atoms with Gasteiger partial charge < -0.3 is 4.74 Å². The third-order valence-corrected chi connectivity index (χ3v) is 6.11. The summed E-state index contributed by atoms with van der Waals surface area (Å²) in [5, 5.41) is 9.94. The molecule has 0 saturated carbocycles. The quantitative estimate of drug-likeness (QED) is 0.348. The normalized spacial score (nSPS) is 17.6. The number of halogens is 3. The van der Waals surface area contributed by atoms with Gasteiger partial charge in [0, 0.05) is 15.7 Å². The van der Waals surface area contributed by atoms with Gasteiger partial charge in [0.15, 0.2) is 5.57 Å². The van der Waals surface area contributed by atoms with E-state index in [0.717, 1.165) is 11.8 Å². The number of anilines is 1. The number of hydrogen-bond acceptors (Lipinski definition) is 5. The van der Waals surface area contributed by atoms with E-state index in [2.05, 4.69) is 0 Å². The lowest BCUT2D eigenvalue weighted by Gasteiger charge is -2.18. The third kappa shape index (κ3) is 4.62. The summed E-state index contributed by atoms with van der Waals surface area (Å²) in [6.45, 7) is 1.70. The van der Waals surface area contributed by atoms with Gasteiger partial charge in [0.05, 0.1) is 11.9 Å². The summed E-state index contributed by atoms with van der Waals surface area (Å²) in [5.74, 6) is -1.66. The molecule has 30 heavy (non-hydrogen) atoms. The van der Waals surface area contributed by atoms with Crippen molar-refractivity contribution in [2.75, 3.05) is 11.5 Å². The van der Waals surface area contributed by atoms with Crippen LogP contribution in [0.4, 0.5) is 10.1 Å². The van der Waals surface area contributed by atoms with E-state index >= 15 is 0 Å². The fourth-order valence-electron chi connectivity index (χ4n) is 2.89. The van der Waals surface area contributed by atoms with Crippen molar-refractivity contribution < 1.29 is 18.7 Å². The molecule has 1 aliphatic rings. The molecule has 0 aromatic heterocycles. The number of benzene rings is 2. The first-order chi connectivity index (χ1) is 14.3. The topological polar surface area (TPSA) is 70.4 Å². The van der Waals surface area contributed by atoms with Crippen molar-refractivity contribution in [3.63, 3.8) is 0 Å². The molecule has 0 radical (unpaired) electrons. The number of hydrogen-bond donors (Lipinski definition) is 0. The summed E-state index contributed by atoms with van der Waals surface area (Å²) in [4.78, 5) is 26.8. The maximum Gasteiger partial charge on any atom is 0.351 e. The van der Waals surface area contributed by atoms with Crippen LogP contribution in [0.2, 0.25) is 10.0 Å². The van der Waals surface area contributed by atoms with Crippen LogP contribution in [-0.4, -0.2) is 23.7 Å². The van der Waals surface area contributed by atoms with Crippen LogP contribution in [0.15, 0.2) is 53.1 Å². The van der Waals surface area contributed by atoms with Crippen LogP contribution in [0.5, 0.6) is 0 Å². The van der Waals surface area contributed by atoms with Gasteiger partial charge in [-0.05, 0) is 55.3 Å². The average Bonchev–Trinajstić information content (AvgIpc) is 3.01. The van der Waals surface area contributed by atoms with Gasteiger partial charge in [-0.2, -0.15) is 5.26 Å². The maximum atomic E-state index is 13.4. The van der Waals surface area contributed by atoms with Crippen molar-refractivity contribution in [1.29, 1.82) is 5.26 Å². The Balaban J connectivity index is 2.04. The van der Waals surface area contributed by atoms with E-state index < -0.39 is 17.0 Å². The molecule has 9 heteroatoms. The Kier molecular flexibility index (Phi) is 7.03. The van der Waals surface area contributed by atoms with Crippen molar-refractivity contribution in [3.05, 3.63) is 74.5 Å². The molecule has 1 atom stereocenters. The minimum absolute atomic E-state index is 0.0796. The molecule has 0 bridgehead atoms. The Morgan fingerprint density at radius 1 is 1.27 bits per heavy atom. The first kappa shape index (κ1) is 22.2. The Bertz CT molecular complexity index is 1070. The van der Waals surface area contributed by atoms with E-state index in [1.165, 1.54) is 29.2 Å². The fourth-order valence-corrected chi connectivity index (χ4v) is 4.66. The second-order valence-corrected chi connectivity index (χ2v) is 8.24. The predicted octanol–water partition coefficient (Wildman–Crippen LogP) is 5.12. The van der Waals surface area contributed by atoms with E-state index in [1.807, 2.05) is 6.07 Å². The predicted molar refractivity (Wildman–Crippen MR) is 115 cm³/mol. The first-order valence-corrected chi connectivity index (χ1v) is 10.5. The van der Waals surface area contributed by atoms with Crippen molar-refractivity contribution in [1.82, 2.24) is 0 Å². The molecular weight excluding hydrogens is 450 g/mol. The van der Waals surface area contributed by atoms with Crippen LogP contribution >= 0.6 is 35.0 Å². The number of carbonyl (C=O) groups is 2. The van der Waals surface area contributed by atoms with Gasteiger partial charge in [0.1, 0.15) is 16.9 Å². The Morgan fingerprint density at radius 2 is 1.97 bits per heavy atom. The van der Waals surface area contributed by atoms with E-state index in [1.54, 1.807) is 25.1 Å². The minimum atomic E-state index is -0.826. The summed E-state index contributed by atoms with van der Waals surface area (Å²) < 4.78 is 18.4. The maximum absolute atomic E-state index is 13.4. The van der Waals surface area contributed by atoms with Gasteiger partial charge in [-0.1, -0.05) is 41.0 Å². The van der Waals surface area contributed by atoms with Crippen LogP contribution in [0, 0.1) is 17.1 Å². The first-order valence-electron chi connectivity index (χ1n) is 8.87. The summed E-state index contributed by atoms with van der Waals surface area (Å²) in [5.41, 5.74) is 0.747. The monoisotopic (exact) mass is 464 g/mol.